The molecule has 7 nitrogen and oxygen atoms in total. The normalized spacial score (nSPS) is 12.0. The van der Waals surface area contributed by atoms with Gasteiger partial charge in [0.1, 0.15) is 24.7 Å². The van der Waals surface area contributed by atoms with E-state index >= 15 is 0 Å². The molecule has 0 bridgehead atoms. The number of halogens is 2. The fourth-order valence-electron chi connectivity index (χ4n) is 2.69. The molecule has 0 saturated carbocycles. The minimum atomic E-state index is -0.0481. The first-order chi connectivity index (χ1) is 14.2. The minimum absolute atomic E-state index is 0. The van der Waals surface area contributed by atoms with E-state index in [0.717, 1.165) is 23.8 Å². The van der Waals surface area contributed by atoms with Crippen molar-refractivity contribution in [2.45, 2.75) is 26.5 Å². The molecule has 1 atom stereocenters. The van der Waals surface area contributed by atoms with Crippen LogP contribution in [0.2, 0.25) is 5.02 Å². The summed E-state index contributed by atoms with van der Waals surface area (Å²) in [6.07, 6.45) is 1.65. The van der Waals surface area contributed by atoms with E-state index in [0.29, 0.717) is 24.1 Å². The molecule has 0 aliphatic carbocycles. The second-order valence-electron chi connectivity index (χ2n) is 6.41. The molecule has 3 rings (SSSR count). The number of benzene rings is 2. The fraction of sp³-hybridized carbons (Fsp3) is 0.286. The standard InChI is InChI=1S/C21H25ClN6O.HI/c1-3-23-21(24-13-16(2)29-19-11-9-17(22)10-12-19)25-14-20-27-26-15-28(20)18-7-5-4-6-8-18;/h4-12,15-16H,3,13-14H2,1-2H3,(H2,23,24,25);1H. The van der Waals surface area contributed by atoms with Gasteiger partial charge in [-0.25, -0.2) is 4.99 Å². The largest absolute Gasteiger partial charge is 0.489 e. The summed E-state index contributed by atoms with van der Waals surface area (Å²) in [4.78, 5) is 4.63. The fourth-order valence-corrected chi connectivity index (χ4v) is 2.82. The van der Waals surface area contributed by atoms with Crippen LogP contribution in [-0.4, -0.2) is 39.9 Å². The molecular weight excluding hydrogens is 515 g/mol. The molecule has 0 fully saturated rings. The van der Waals surface area contributed by atoms with Crippen molar-refractivity contribution >= 4 is 41.5 Å². The van der Waals surface area contributed by atoms with Crippen LogP contribution < -0.4 is 15.4 Å². The number of nitrogens with zero attached hydrogens (tertiary/aromatic N) is 4. The molecule has 1 aromatic heterocycles. The summed E-state index contributed by atoms with van der Waals surface area (Å²) in [6, 6.07) is 17.3. The number of aliphatic imine (C=N–C) groups is 1. The summed E-state index contributed by atoms with van der Waals surface area (Å²) in [7, 11) is 0. The number of nitrogens with one attached hydrogen (secondary N) is 2. The Labute approximate surface area is 198 Å². The summed E-state index contributed by atoms with van der Waals surface area (Å²) < 4.78 is 7.82. The van der Waals surface area contributed by atoms with Gasteiger partial charge in [-0.3, -0.25) is 4.57 Å². The second-order valence-corrected chi connectivity index (χ2v) is 6.85. The predicted molar refractivity (Wildman–Crippen MR) is 131 cm³/mol. The monoisotopic (exact) mass is 540 g/mol. The highest BCUT2D eigenvalue weighted by Crippen LogP contribution is 2.16. The molecule has 3 aromatic rings. The number of rotatable bonds is 8. The van der Waals surface area contributed by atoms with E-state index in [1.807, 2.05) is 73.0 Å². The van der Waals surface area contributed by atoms with Gasteiger partial charge in [0.2, 0.25) is 0 Å². The van der Waals surface area contributed by atoms with Gasteiger partial charge in [0, 0.05) is 17.3 Å². The van der Waals surface area contributed by atoms with Crippen molar-refractivity contribution < 1.29 is 4.74 Å². The van der Waals surface area contributed by atoms with E-state index in [9.17, 15) is 0 Å². The molecular formula is C21H26ClIN6O. The van der Waals surface area contributed by atoms with Gasteiger partial charge in [-0.05, 0) is 50.2 Å². The predicted octanol–water partition coefficient (Wildman–Crippen LogP) is 4.06. The third-order valence-electron chi connectivity index (χ3n) is 4.08. The Morgan fingerprint density at radius 3 is 2.57 bits per heavy atom. The Morgan fingerprint density at radius 2 is 1.87 bits per heavy atom. The van der Waals surface area contributed by atoms with Gasteiger partial charge in [0.15, 0.2) is 11.8 Å². The van der Waals surface area contributed by atoms with E-state index < -0.39 is 0 Å². The maximum atomic E-state index is 5.91. The summed E-state index contributed by atoms with van der Waals surface area (Å²) >= 11 is 5.91. The number of hydrogen-bond donors (Lipinski definition) is 2. The zero-order valence-corrected chi connectivity index (χ0v) is 20.0. The van der Waals surface area contributed by atoms with E-state index in [-0.39, 0.29) is 30.1 Å². The molecule has 160 valence electrons. The summed E-state index contributed by atoms with van der Waals surface area (Å²) in [6.45, 7) is 5.77. The van der Waals surface area contributed by atoms with Crippen molar-refractivity contribution in [2.75, 3.05) is 13.1 Å². The van der Waals surface area contributed by atoms with Crippen LogP contribution in [0, 0.1) is 0 Å². The van der Waals surface area contributed by atoms with E-state index in [4.69, 9.17) is 16.3 Å². The van der Waals surface area contributed by atoms with E-state index in [1.54, 1.807) is 6.33 Å². The van der Waals surface area contributed by atoms with Crippen LogP contribution >= 0.6 is 35.6 Å². The maximum Gasteiger partial charge on any atom is 0.191 e. The Balaban J connectivity index is 0.00000320. The average molecular weight is 541 g/mol. The minimum Gasteiger partial charge on any atom is -0.489 e. The van der Waals surface area contributed by atoms with Crippen LogP contribution in [-0.2, 0) is 6.54 Å². The zero-order chi connectivity index (χ0) is 20.5. The molecule has 1 unspecified atom stereocenters. The third-order valence-corrected chi connectivity index (χ3v) is 4.34. The molecule has 2 aromatic carbocycles. The highest BCUT2D eigenvalue weighted by Gasteiger charge is 2.08. The van der Waals surface area contributed by atoms with Gasteiger partial charge >= 0.3 is 0 Å². The Hall–Kier alpha value is -2.33. The van der Waals surface area contributed by atoms with Crippen molar-refractivity contribution in [3.63, 3.8) is 0 Å². The molecule has 0 radical (unpaired) electrons. The lowest BCUT2D eigenvalue weighted by molar-refractivity contribution is 0.224. The number of ether oxygens (including phenoxy) is 1. The van der Waals surface area contributed by atoms with Crippen LogP contribution in [0.1, 0.15) is 19.7 Å². The molecule has 0 amide bonds. The smallest absolute Gasteiger partial charge is 0.191 e. The van der Waals surface area contributed by atoms with E-state index in [1.165, 1.54) is 0 Å². The summed E-state index contributed by atoms with van der Waals surface area (Å²) in [5.41, 5.74) is 1.01. The Bertz CT molecular complexity index is 917. The first-order valence-electron chi connectivity index (χ1n) is 9.54. The number of aromatic nitrogens is 3. The lowest BCUT2D eigenvalue weighted by Gasteiger charge is -2.17. The molecule has 0 aliphatic rings. The zero-order valence-electron chi connectivity index (χ0n) is 17.0. The van der Waals surface area contributed by atoms with Crippen molar-refractivity contribution in [1.82, 2.24) is 25.4 Å². The highest BCUT2D eigenvalue weighted by atomic mass is 127. The van der Waals surface area contributed by atoms with Crippen LogP contribution in [0.3, 0.4) is 0 Å². The van der Waals surface area contributed by atoms with Crippen LogP contribution in [0.25, 0.3) is 5.69 Å². The van der Waals surface area contributed by atoms with Crippen LogP contribution in [0.4, 0.5) is 0 Å². The molecule has 1 heterocycles. The summed E-state index contributed by atoms with van der Waals surface area (Å²) in [5.74, 6) is 2.24. The van der Waals surface area contributed by atoms with Crippen molar-refractivity contribution in [2.24, 2.45) is 4.99 Å². The van der Waals surface area contributed by atoms with Gasteiger partial charge in [-0.15, -0.1) is 34.2 Å². The van der Waals surface area contributed by atoms with Gasteiger partial charge < -0.3 is 15.4 Å². The molecule has 9 heteroatoms. The Morgan fingerprint density at radius 1 is 1.13 bits per heavy atom. The Kier molecular flexibility index (Phi) is 9.88. The lowest BCUT2D eigenvalue weighted by Crippen LogP contribution is -2.41. The SMILES string of the molecule is CCNC(=NCc1nncn1-c1ccccc1)NCC(C)Oc1ccc(Cl)cc1.I. The van der Waals surface area contributed by atoms with Crippen molar-refractivity contribution in [3.05, 3.63) is 71.8 Å². The van der Waals surface area contributed by atoms with Crippen LogP contribution in [0.5, 0.6) is 5.75 Å². The van der Waals surface area contributed by atoms with Gasteiger partial charge in [-0.1, -0.05) is 29.8 Å². The number of guanidine groups is 1. The lowest BCUT2D eigenvalue weighted by atomic mass is 10.3. The number of hydrogen-bond acceptors (Lipinski definition) is 4. The topological polar surface area (TPSA) is 76.4 Å². The molecule has 2 N–H and O–H groups in total. The molecule has 0 aliphatic heterocycles. The van der Waals surface area contributed by atoms with E-state index in [2.05, 4.69) is 25.8 Å². The third kappa shape index (κ3) is 7.17. The molecule has 0 saturated heterocycles. The first-order valence-corrected chi connectivity index (χ1v) is 9.92. The maximum absolute atomic E-state index is 5.91. The second kappa shape index (κ2) is 12.4. The highest BCUT2D eigenvalue weighted by molar-refractivity contribution is 14.0. The quantitative estimate of drug-likeness (QED) is 0.256. The molecule has 30 heavy (non-hydrogen) atoms. The number of para-hydroxylation sites is 1. The van der Waals surface area contributed by atoms with Gasteiger partial charge in [0.05, 0.1) is 6.54 Å². The van der Waals surface area contributed by atoms with Crippen molar-refractivity contribution in [3.8, 4) is 11.4 Å². The van der Waals surface area contributed by atoms with Crippen LogP contribution in [0.15, 0.2) is 65.9 Å². The average Bonchev–Trinajstić information content (AvgIpc) is 3.21. The van der Waals surface area contributed by atoms with Crippen molar-refractivity contribution in [1.29, 1.82) is 0 Å². The molecule has 0 spiro atoms. The first kappa shape index (κ1) is 23.9. The summed E-state index contributed by atoms with van der Waals surface area (Å²) in [5, 5.41) is 15.5. The van der Waals surface area contributed by atoms with Gasteiger partial charge in [0.25, 0.3) is 0 Å². The van der Waals surface area contributed by atoms with Gasteiger partial charge in [-0.2, -0.15) is 0 Å².